The van der Waals surface area contributed by atoms with Gasteiger partial charge in [0.15, 0.2) is 23.2 Å². The van der Waals surface area contributed by atoms with E-state index in [1.165, 1.54) is 42.5 Å². The van der Waals surface area contributed by atoms with Crippen molar-refractivity contribution in [2.24, 2.45) is 0 Å². The summed E-state index contributed by atoms with van der Waals surface area (Å²) < 4.78 is 63.6. The molecule has 0 aliphatic carbocycles. The first-order chi connectivity index (χ1) is 13.8. The minimum Gasteiger partial charge on any atom is -0.479 e. The highest BCUT2D eigenvalue weighted by atomic mass is 35.5. The van der Waals surface area contributed by atoms with Crippen LogP contribution in [0.4, 0.5) is 17.6 Å². The molecule has 0 fully saturated rings. The van der Waals surface area contributed by atoms with E-state index in [0.717, 1.165) is 0 Å². The van der Waals surface area contributed by atoms with Gasteiger partial charge in [0.25, 0.3) is 0 Å². The van der Waals surface area contributed by atoms with E-state index in [2.05, 4.69) is 0 Å². The molecular formula is C20H10Cl2F4O3. The SMILES string of the molecule is O=C(/C=C/c1ccc(COc2c(F)c(F)cc(F)c2F)o1)c1ccc(Cl)c(Cl)c1. The maximum Gasteiger partial charge on any atom is 0.203 e. The van der Waals surface area contributed by atoms with Crippen molar-refractivity contribution in [2.45, 2.75) is 6.61 Å². The summed E-state index contributed by atoms with van der Waals surface area (Å²) in [6, 6.07) is 7.37. The van der Waals surface area contributed by atoms with Crippen LogP contribution in [-0.4, -0.2) is 5.78 Å². The maximum absolute atomic E-state index is 13.6. The molecule has 0 saturated carbocycles. The van der Waals surface area contributed by atoms with Gasteiger partial charge in [-0.05, 0) is 42.5 Å². The Bertz CT molecular complexity index is 1080. The molecule has 0 spiro atoms. The molecule has 0 radical (unpaired) electrons. The third-order valence-corrected chi connectivity index (χ3v) is 4.45. The quantitative estimate of drug-likeness (QED) is 0.185. The Balaban J connectivity index is 1.68. The second kappa shape index (κ2) is 8.71. The zero-order valence-corrected chi connectivity index (χ0v) is 15.8. The Labute approximate surface area is 172 Å². The van der Waals surface area contributed by atoms with Gasteiger partial charge < -0.3 is 9.15 Å². The van der Waals surface area contributed by atoms with Crippen LogP contribution in [0.15, 0.2) is 46.9 Å². The molecule has 0 unspecified atom stereocenters. The fourth-order valence-electron chi connectivity index (χ4n) is 2.29. The molecule has 2 aromatic carbocycles. The molecule has 1 heterocycles. The summed E-state index contributed by atoms with van der Waals surface area (Å²) >= 11 is 11.7. The summed E-state index contributed by atoms with van der Waals surface area (Å²) in [6.07, 6.45) is 2.59. The van der Waals surface area contributed by atoms with E-state index in [0.29, 0.717) is 10.6 Å². The molecule has 0 saturated heterocycles. The Hall–Kier alpha value is -2.77. The van der Waals surface area contributed by atoms with Crippen molar-refractivity contribution in [3.8, 4) is 5.75 Å². The molecule has 3 nitrogen and oxygen atoms in total. The summed E-state index contributed by atoms with van der Waals surface area (Å²) in [4.78, 5) is 12.1. The van der Waals surface area contributed by atoms with Crippen LogP contribution < -0.4 is 4.74 Å². The number of allylic oxidation sites excluding steroid dienone is 1. The van der Waals surface area contributed by atoms with Gasteiger partial charge in [0.2, 0.25) is 11.6 Å². The molecule has 0 aliphatic rings. The number of hydrogen-bond donors (Lipinski definition) is 0. The summed E-state index contributed by atoms with van der Waals surface area (Å²) in [6.45, 7) is -0.495. The van der Waals surface area contributed by atoms with Gasteiger partial charge in [-0.1, -0.05) is 23.2 Å². The van der Waals surface area contributed by atoms with Crippen LogP contribution in [0.25, 0.3) is 6.08 Å². The lowest BCUT2D eigenvalue weighted by Gasteiger charge is -2.08. The van der Waals surface area contributed by atoms with E-state index in [4.69, 9.17) is 32.4 Å². The van der Waals surface area contributed by atoms with Crippen molar-refractivity contribution in [1.82, 2.24) is 0 Å². The van der Waals surface area contributed by atoms with E-state index < -0.39 is 35.6 Å². The molecule has 9 heteroatoms. The van der Waals surface area contributed by atoms with Gasteiger partial charge in [-0.2, -0.15) is 8.78 Å². The van der Waals surface area contributed by atoms with Crippen molar-refractivity contribution < 1.29 is 31.5 Å². The Kier molecular flexibility index (Phi) is 6.30. The number of carbonyl (C=O) groups excluding carboxylic acids is 1. The molecule has 0 amide bonds. The number of hydrogen-bond acceptors (Lipinski definition) is 3. The summed E-state index contributed by atoms with van der Waals surface area (Å²) in [5, 5.41) is 0.547. The molecule has 0 aliphatic heterocycles. The number of benzene rings is 2. The number of ether oxygens (including phenoxy) is 1. The molecule has 3 aromatic rings. The number of rotatable bonds is 6. The average Bonchev–Trinajstić information content (AvgIpc) is 3.14. The third kappa shape index (κ3) is 4.81. The zero-order valence-electron chi connectivity index (χ0n) is 14.3. The first kappa shape index (κ1) is 21.0. The van der Waals surface area contributed by atoms with Gasteiger partial charge in [0.1, 0.15) is 18.1 Å². The number of halogens is 6. The van der Waals surface area contributed by atoms with E-state index >= 15 is 0 Å². The Morgan fingerprint density at radius 3 is 2.31 bits per heavy atom. The normalized spacial score (nSPS) is 11.2. The molecule has 0 bridgehead atoms. The molecular weight excluding hydrogens is 435 g/mol. The summed E-state index contributed by atoms with van der Waals surface area (Å²) in [5.41, 5.74) is 0.310. The lowest BCUT2D eigenvalue weighted by atomic mass is 10.1. The van der Waals surface area contributed by atoms with Crippen LogP contribution in [0.5, 0.6) is 5.75 Å². The fourth-order valence-corrected chi connectivity index (χ4v) is 2.58. The minimum atomic E-state index is -1.65. The third-order valence-electron chi connectivity index (χ3n) is 3.72. The Morgan fingerprint density at radius 2 is 1.66 bits per heavy atom. The van der Waals surface area contributed by atoms with E-state index in [9.17, 15) is 22.4 Å². The largest absolute Gasteiger partial charge is 0.479 e. The molecule has 1 aromatic heterocycles. The average molecular weight is 445 g/mol. The van der Waals surface area contributed by atoms with Gasteiger partial charge >= 0.3 is 0 Å². The van der Waals surface area contributed by atoms with Crippen LogP contribution in [0.1, 0.15) is 21.9 Å². The lowest BCUT2D eigenvalue weighted by molar-refractivity contribution is 0.104. The van der Waals surface area contributed by atoms with Crippen LogP contribution in [0.3, 0.4) is 0 Å². The molecule has 150 valence electrons. The highest BCUT2D eigenvalue weighted by Gasteiger charge is 2.21. The molecule has 0 atom stereocenters. The highest BCUT2D eigenvalue weighted by molar-refractivity contribution is 6.42. The van der Waals surface area contributed by atoms with Crippen LogP contribution >= 0.6 is 23.2 Å². The standard InChI is InChI=1S/C20H10Cl2F4O3/c21-13-5-1-10(7-14(13)22)17(27)6-4-11-2-3-12(29-11)9-28-20-18(25)15(23)8-16(24)19(20)26/h1-8H,9H2/b6-4+. The van der Waals surface area contributed by atoms with E-state index in [-0.39, 0.29) is 28.4 Å². The lowest BCUT2D eigenvalue weighted by Crippen LogP contribution is -2.03. The molecule has 3 rings (SSSR count). The number of ketones is 1. The highest BCUT2D eigenvalue weighted by Crippen LogP contribution is 2.27. The number of furan rings is 1. The van der Waals surface area contributed by atoms with Crippen molar-refractivity contribution in [3.63, 3.8) is 0 Å². The van der Waals surface area contributed by atoms with Gasteiger partial charge in [0, 0.05) is 11.6 Å². The first-order valence-corrected chi connectivity index (χ1v) is 8.74. The molecule has 0 N–H and O–H groups in total. The Morgan fingerprint density at radius 1 is 0.966 bits per heavy atom. The van der Waals surface area contributed by atoms with Crippen LogP contribution in [0, 0.1) is 23.3 Å². The van der Waals surface area contributed by atoms with E-state index in [1.807, 2.05) is 0 Å². The zero-order chi connectivity index (χ0) is 21.1. The van der Waals surface area contributed by atoms with Crippen molar-refractivity contribution >= 4 is 35.1 Å². The number of carbonyl (C=O) groups is 1. The van der Waals surface area contributed by atoms with Crippen molar-refractivity contribution in [2.75, 3.05) is 0 Å². The van der Waals surface area contributed by atoms with Gasteiger partial charge in [-0.25, -0.2) is 8.78 Å². The maximum atomic E-state index is 13.6. The predicted octanol–water partition coefficient (Wildman–Crippen LogP) is 6.62. The van der Waals surface area contributed by atoms with Crippen molar-refractivity contribution in [3.05, 3.63) is 92.9 Å². The van der Waals surface area contributed by atoms with Crippen LogP contribution in [-0.2, 0) is 6.61 Å². The minimum absolute atomic E-state index is 0.0815. The summed E-state index contributed by atoms with van der Waals surface area (Å²) in [7, 11) is 0. The van der Waals surface area contributed by atoms with Crippen molar-refractivity contribution in [1.29, 1.82) is 0 Å². The second-order valence-corrected chi connectivity index (χ2v) is 6.53. The van der Waals surface area contributed by atoms with Gasteiger partial charge in [0.05, 0.1) is 10.0 Å². The monoisotopic (exact) mass is 444 g/mol. The smallest absolute Gasteiger partial charge is 0.203 e. The topological polar surface area (TPSA) is 39.4 Å². The second-order valence-electron chi connectivity index (χ2n) is 5.72. The fraction of sp³-hybridized carbons (Fsp3) is 0.0500. The van der Waals surface area contributed by atoms with Gasteiger partial charge in [-0.3, -0.25) is 4.79 Å². The first-order valence-electron chi connectivity index (χ1n) is 7.98. The van der Waals surface area contributed by atoms with Crippen LogP contribution in [0.2, 0.25) is 10.0 Å². The van der Waals surface area contributed by atoms with E-state index in [1.54, 1.807) is 0 Å². The predicted molar refractivity (Wildman–Crippen MR) is 99.1 cm³/mol. The van der Waals surface area contributed by atoms with Gasteiger partial charge in [-0.15, -0.1) is 0 Å². The summed E-state index contributed by atoms with van der Waals surface area (Å²) in [5.74, 6) is -7.67. The molecule has 29 heavy (non-hydrogen) atoms.